The van der Waals surface area contributed by atoms with Gasteiger partial charge in [0.25, 0.3) is 0 Å². The topological polar surface area (TPSA) is 29.5 Å². The third kappa shape index (κ3) is 2.67. The number of ether oxygens (including phenoxy) is 1. The van der Waals surface area contributed by atoms with Crippen molar-refractivity contribution >= 4 is 0 Å². The van der Waals surface area contributed by atoms with Crippen LogP contribution >= 0.6 is 0 Å². The highest BCUT2D eigenvalue weighted by Crippen LogP contribution is 2.36. The van der Waals surface area contributed by atoms with E-state index < -0.39 is 11.7 Å². The fourth-order valence-electron chi connectivity index (χ4n) is 2.19. The molecule has 0 aliphatic heterocycles. The van der Waals surface area contributed by atoms with Crippen molar-refractivity contribution in [3.05, 3.63) is 35.1 Å². The zero-order valence-corrected chi connectivity index (χ0v) is 11.0. The van der Waals surface area contributed by atoms with Crippen molar-refractivity contribution < 1.29 is 14.2 Å². The zero-order valence-electron chi connectivity index (χ0n) is 11.0. The van der Waals surface area contributed by atoms with Crippen LogP contribution in [-0.4, -0.2) is 17.8 Å². The first kappa shape index (κ1) is 14.1. The third-order valence-corrected chi connectivity index (χ3v) is 3.55. The van der Waals surface area contributed by atoms with E-state index in [1.807, 2.05) is 20.8 Å². The summed E-state index contributed by atoms with van der Waals surface area (Å²) in [6.07, 6.45) is 0.325. The number of hydrogen-bond acceptors (Lipinski definition) is 2. The molecule has 0 aromatic heterocycles. The molecule has 1 unspecified atom stereocenters. The molecule has 0 saturated carbocycles. The second-order valence-corrected chi connectivity index (χ2v) is 4.40. The van der Waals surface area contributed by atoms with Gasteiger partial charge in [-0.2, -0.15) is 0 Å². The molecule has 3 heteroatoms. The number of aliphatic hydroxyl groups is 1. The van der Waals surface area contributed by atoms with Crippen LogP contribution in [0.3, 0.4) is 0 Å². The highest BCUT2D eigenvalue weighted by Gasteiger charge is 2.37. The number of rotatable bonds is 5. The van der Waals surface area contributed by atoms with E-state index in [1.165, 1.54) is 6.07 Å². The van der Waals surface area contributed by atoms with E-state index >= 15 is 0 Å². The Balaban J connectivity index is 3.17. The summed E-state index contributed by atoms with van der Waals surface area (Å²) in [6.45, 7) is 5.75. The third-order valence-electron chi connectivity index (χ3n) is 3.55. The molecule has 0 amide bonds. The molecule has 0 bridgehead atoms. The van der Waals surface area contributed by atoms with E-state index in [0.29, 0.717) is 18.4 Å². The van der Waals surface area contributed by atoms with Gasteiger partial charge in [0.15, 0.2) is 0 Å². The monoisotopic (exact) mass is 240 g/mol. The molecule has 0 radical (unpaired) electrons. The van der Waals surface area contributed by atoms with E-state index in [2.05, 4.69) is 0 Å². The molecular formula is C14H21FO2. The number of hydrogen-bond donors (Lipinski definition) is 1. The Kier molecular flexibility index (Phi) is 4.66. The lowest BCUT2D eigenvalue weighted by molar-refractivity contribution is -0.111. The van der Waals surface area contributed by atoms with Crippen molar-refractivity contribution in [1.82, 2.24) is 0 Å². The zero-order chi connectivity index (χ0) is 13.1. The molecule has 1 aromatic rings. The summed E-state index contributed by atoms with van der Waals surface area (Å²) in [7, 11) is 1.56. The minimum absolute atomic E-state index is 0.315. The van der Waals surface area contributed by atoms with Crippen LogP contribution < -0.4 is 0 Å². The number of methoxy groups -OCH3 is 1. The first-order valence-corrected chi connectivity index (χ1v) is 6.00. The molecule has 0 aliphatic rings. The summed E-state index contributed by atoms with van der Waals surface area (Å²) in [5, 5.41) is 10.4. The van der Waals surface area contributed by atoms with Gasteiger partial charge in [-0.05, 0) is 25.8 Å². The maximum Gasteiger partial charge on any atom is 0.129 e. The minimum atomic E-state index is -0.942. The van der Waals surface area contributed by atoms with E-state index in [9.17, 15) is 9.50 Å². The van der Waals surface area contributed by atoms with E-state index in [4.69, 9.17) is 4.74 Å². The number of aryl methyl sites for hydroxylation is 1. The molecule has 0 saturated heterocycles. The van der Waals surface area contributed by atoms with Crippen molar-refractivity contribution in [2.24, 2.45) is 0 Å². The fourth-order valence-corrected chi connectivity index (χ4v) is 2.19. The first-order chi connectivity index (χ1) is 8.00. The Morgan fingerprint density at radius 2 is 1.94 bits per heavy atom. The number of halogens is 1. The molecule has 0 aliphatic carbocycles. The van der Waals surface area contributed by atoms with Gasteiger partial charge in [-0.3, -0.25) is 0 Å². The van der Waals surface area contributed by atoms with E-state index in [1.54, 1.807) is 19.2 Å². The predicted octanol–water partition coefficient (Wildman–Crippen LogP) is 3.37. The van der Waals surface area contributed by atoms with Gasteiger partial charge in [0.05, 0.1) is 5.60 Å². The Morgan fingerprint density at radius 1 is 1.35 bits per heavy atom. The Morgan fingerprint density at radius 3 is 2.41 bits per heavy atom. The van der Waals surface area contributed by atoms with Crippen molar-refractivity contribution in [1.29, 1.82) is 0 Å². The highest BCUT2D eigenvalue weighted by molar-refractivity contribution is 5.27. The van der Waals surface area contributed by atoms with Gasteiger partial charge in [-0.15, -0.1) is 0 Å². The minimum Gasteiger partial charge on any atom is -0.385 e. The second-order valence-electron chi connectivity index (χ2n) is 4.40. The number of aliphatic hydroxyl groups excluding tert-OH is 1. The largest absolute Gasteiger partial charge is 0.385 e. The lowest BCUT2D eigenvalue weighted by Crippen LogP contribution is -2.37. The SMILES string of the molecule is CCC(CC)(OC)C(O)c1cc(C)ccc1F. The molecule has 1 N–H and O–H groups in total. The van der Waals surface area contributed by atoms with Gasteiger partial charge in [0, 0.05) is 12.7 Å². The molecule has 1 rings (SSSR count). The lowest BCUT2D eigenvalue weighted by Gasteiger charge is -2.35. The van der Waals surface area contributed by atoms with Crippen LogP contribution in [0.25, 0.3) is 0 Å². The summed E-state index contributed by atoms with van der Waals surface area (Å²) >= 11 is 0. The van der Waals surface area contributed by atoms with Crippen LogP contribution in [0.1, 0.15) is 43.9 Å². The smallest absolute Gasteiger partial charge is 0.129 e. The van der Waals surface area contributed by atoms with E-state index in [0.717, 1.165) is 5.56 Å². The van der Waals surface area contributed by atoms with Crippen LogP contribution in [0.2, 0.25) is 0 Å². The molecule has 0 spiro atoms. The maximum atomic E-state index is 13.7. The van der Waals surface area contributed by atoms with Crippen LogP contribution in [0.15, 0.2) is 18.2 Å². The predicted molar refractivity (Wildman–Crippen MR) is 66.4 cm³/mol. The number of benzene rings is 1. The van der Waals surface area contributed by atoms with Crippen LogP contribution in [-0.2, 0) is 4.74 Å². The highest BCUT2D eigenvalue weighted by atomic mass is 19.1. The lowest BCUT2D eigenvalue weighted by atomic mass is 9.85. The standard InChI is InChI=1S/C14H21FO2/c1-5-14(6-2,17-4)13(16)11-9-10(3)7-8-12(11)15/h7-9,13,16H,5-6H2,1-4H3. The van der Waals surface area contributed by atoms with Crippen molar-refractivity contribution in [3.8, 4) is 0 Å². The molecule has 1 aromatic carbocycles. The van der Waals surface area contributed by atoms with Crippen LogP contribution in [0.4, 0.5) is 4.39 Å². The van der Waals surface area contributed by atoms with Crippen molar-refractivity contribution in [2.45, 2.75) is 45.3 Å². The van der Waals surface area contributed by atoms with Crippen LogP contribution in [0.5, 0.6) is 0 Å². The Hall–Kier alpha value is -0.930. The molecule has 2 nitrogen and oxygen atoms in total. The van der Waals surface area contributed by atoms with Crippen molar-refractivity contribution in [2.75, 3.05) is 7.11 Å². The van der Waals surface area contributed by atoms with E-state index in [-0.39, 0.29) is 5.82 Å². The normalized spacial score (nSPS) is 13.8. The fraction of sp³-hybridized carbons (Fsp3) is 0.571. The molecule has 17 heavy (non-hydrogen) atoms. The van der Waals surface area contributed by atoms with Crippen molar-refractivity contribution in [3.63, 3.8) is 0 Å². The van der Waals surface area contributed by atoms with Gasteiger partial charge >= 0.3 is 0 Å². The summed E-state index contributed by atoms with van der Waals surface area (Å²) in [6, 6.07) is 4.76. The average molecular weight is 240 g/mol. The van der Waals surface area contributed by atoms with Gasteiger partial charge < -0.3 is 9.84 Å². The summed E-state index contributed by atoms with van der Waals surface area (Å²) < 4.78 is 19.2. The quantitative estimate of drug-likeness (QED) is 0.855. The molecular weight excluding hydrogens is 219 g/mol. The van der Waals surface area contributed by atoms with Gasteiger partial charge in [0.1, 0.15) is 11.9 Å². The van der Waals surface area contributed by atoms with Crippen LogP contribution in [0, 0.1) is 12.7 Å². The molecule has 0 heterocycles. The summed E-state index contributed by atoms with van der Waals surface area (Å²) in [5.74, 6) is -0.383. The molecule has 96 valence electrons. The van der Waals surface area contributed by atoms with Gasteiger partial charge in [0.2, 0.25) is 0 Å². The average Bonchev–Trinajstić information content (AvgIpc) is 2.35. The molecule has 1 atom stereocenters. The maximum absolute atomic E-state index is 13.7. The Labute approximate surface area is 102 Å². The van der Waals surface area contributed by atoms with Gasteiger partial charge in [-0.25, -0.2) is 4.39 Å². The van der Waals surface area contributed by atoms with Gasteiger partial charge in [-0.1, -0.05) is 31.5 Å². The Bertz CT molecular complexity index is 364. The second kappa shape index (κ2) is 5.61. The summed E-state index contributed by atoms with van der Waals surface area (Å²) in [5.41, 5.74) is 0.530. The first-order valence-electron chi connectivity index (χ1n) is 6.00. The summed E-state index contributed by atoms with van der Waals surface area (Å²) in [4.78, 5) is 0. The molecule has 0 fully saturated rings.